The molecule has 0 bridgehead atoms. The molecule has 4 nitrogen and oxygen atoms in total. The summed E-state index contributed by atoms with van der Waals surface area (Å²) in [5, 5.41) is 0. The van der Waals surface area contributed by atoms with Crippen molar-refractivity contribution in [3.05, 3.63) is 35.9 Å². The Morgan fingerprint density at radius 1 is 1.07 bits per heavy atom. The van der Waals surface area contributed by atoms with Crippen LogP contribution in [0.3, 0.4) is 0 Å². The number of amides is 1. The third kappa shape index (κ3) is 4.62. The molecule has 1 aromatic rings. The fourth-order valence-electron chi connectivity index (χ4n) is 5.92. The average molecular weight is 432 g/mol. The molecule has 1 amide bonds. The van der Waals surface area contributed by atoms with Crippen molar-refractivity contribution in [1.82, 2.24) is 4.90 Å². The lowest BCUT2D eigenvalue weighted by Crippen LogP contribution is -2.54. The average Bonchev–Trinajstić information content (AvgIpc) is 2.98. The Morgan fingerprint density at radius 2 is 1.67 bits per heavy atom. The van der Waals surface area contributed by atoms with Crippen LogP contribution >= 0.6 is 0 Å². The standard InChI is InChI=1S/C25H41NO3Si/c1-23(2)15-19(21(30(7,8)9)18-13-11-10-12-14-18)20(16-23)29-22(27)26-24(3,4)17-28-25(26,5)6/h10-14,19-21H,15-17H2,1-9H3/t19-,20-,21-/m1/s1. The topological polar surface area (TPSA) is 38.8 Å². The molecule has 1 aliphatic carbocycles. The first-order valence-electron chi connectivity index (χ1n) is 11.3. The SMILES string of the molecule is CC1(C)C[C@@H]([C@@H](c2ccccc2)[Si](C)(C)C)[C@H](OC(=O)N2C(C)(C)COC2(C)C)C1. The van der Waals surface area contributed by atoms with Crippen LogP contribution in [0.2, 0.25) is 19.6 Å². The van der Waals surface area contributed by atoms with E-state index in [9.17, 15) is 4.79 Å². The van der Waals surface area contributed by atoms with Crippen LogP contribution in [0.1, 0.15) is 65.5 Å². The van der Waals surface area contributed by atoms with Gasteiger partial charge in [-0.05, 0) is 57.1 Å². The zero-order chi connectivity index (χ0) is 22.5. The van der Waals surface area contributed by atoms with Gasteiger partial charge >= 0.3 is 6.09 Å². The summed E-state index contributed by atoms with van der Waals surface area (Å²) in [5.41, 5.74) is 0.984. The van der Waals surface area contributed by atoms with Gasteiger partial charge in [0, 0.05) is 5.92 Å². The fourth-order valence-corrected chi connectivity index (χ4v) is 8.73. The molecule has 1 aliphatic heterocycles. The third-order valence-corrected chi connectivity index (χ3v) is 9.52. The first-order valence-corrected chi connectivity index (χ1v) is 14.9. The smallest absolute Gasteiger partial charge is 0.412 e. The van der Waals surface area contributed by atoms with Gasteiger partial charge in [0.15, 0.2) is 0 Å². The van der Waals surface area contributed by atoms with Crippen molar-refractivity contribution in [2.45, 2.75) is 96.9 Å². The molecule has 30 heavy (non-hydrogen) atoms. The Labute approximate surface area is 184 Å². The molecule has 0 aromatic heterocycles. The summed E-state index contributed by atoms with van der Waals surface area (Å²) in [4.78, 5) is 15.2. The Bertz CT molecular complexity index is 750. The molecule has 5 heteroatoms. The van der Waals surface area contributed by atoms with E-state index in [4.69, 9.17) is 9.47 Å². The Kier molecular flexibility index (Phi) is 5.96. The summed E-state index contributed by atoms with van der Waals surface area (Å²) >= 11 is 0. The number of carbonyl (C=O) groups is 1. The van der Waals surface area contributed by atoms with E-state index in [1.807, 2.05) is 27.7 Å². The van der Waals surface area contributed by atoms with Crippen LogP contribution in [0.5, 0.6) is 0 Å². The van der Waals surface area contributed by atoms with Gasteiger partial charge in [0.2, 0.25) is 0 Å². The lowest BCUT2D eigenvalue weighted by Gasteiger charge is -2.40. The zero-order valence-corrected chi connectivity index (χ0v) is 21.4. The van der Waals surface area contributed by atoms with Crippen molar-refractivity contribution in [1.29, 1.82) is 0 Å². The summed E-state index contributed by atoms with van der Waals surface area (Å²) < 4.78 is 12.3. The van der Waals surface area contributed by atoms with E-state index in [-0.39, 0.29) is 23.2 Å². The van der Waals surface area contributed by atoms with E-state index in [1.54, 1.807) is 4.90 Å². The fraction of sp³-hybridized carbons (Fsp3) is 0.720. The predicted molar refractivity (Wildman–Crippen MR) is 125 cm³/mol. The summed E-state index contributed by atoms with van der Waals surface area (Å²) in [5.74, 6) is 0.341. The van der Waals surface area contributed by atoms with Gasteiger partial charge in [-0.25, -0.2) is 4.79 Å². The van der Waals surface area contributed by atoms with Gasteiger partial charge in [-0.2, -0.15) is 0 Å². The molecule has 1 saturated heterocycles. The number of nitrogens with zero attached hydrogens (tertiary/aromatic N) is 1. The monoisotopic (exact) mass is 431 g/mol. The number of ether oxygens (including phenoxy) is 2. The van der Waals surface area contributed by atoms with Crippen molar-refractivity contribution in [3.63, 3.8) is 0 Å². The van der Waals surface area contributed by atoms with Crippen molar-refractivity contribution < 1.29 is 14.3 Å². The maximum atomic E-state index is 13.4. The molecular weight excluding hydrogens is 390 g/mol. The van der Waals surface area contributed by atoms with Crippen molar-refractivity contribution in [2.75, 3.05) is 6.61 Å². The van der Waals surface area contributed by atoms with Crippen molar-refractivity contribution in [2.24, 2.45) is 11.3 Å². The van der Waals surface area contributed by atoms with Crippen LogP contribution in [-0.2, 0) is 9.47 Å². The van der Waals surface area contributed by atoms with Gasteiger partial charge in [0.25, 0.3) is 0 Å². The van der Waals surface area contributed by atoms with Crippen molar-refractivity contribution in [3.8, 4) is 0 Å². The molecule has 2 aliphatic rings. The normalized spacial score (nSPS) is 28.4. The van der Waals surface area contributed by atoms with Crippen LogP contribution in [0, 0.1) is 11.3 Å². The van der Waals surface area contributed by atoms with Gasteiger partial charge in [0.05, 0.1) is 20.2 Å². The van der Waals surface area contributed by atoms with E-state index < -0.39 is 13.8 Å². The minimum absolute atomic E-state index is 0.0726. The highest BCUT2D eigenvalue weighted by atomic mass is 28.3. The Hall–Kier alpha value is -1.33. The lowest BCUT2D eigenvalue weighted by atomic mass is 9.88. The summed E-state index contributed by atoms with van der Waals surface area (Å²) in [7, 11) is -1.57. The molecule has 0 radical (unpaired) electrons. The number of hydrogen-bond donors (Lipinski definition) is 0. The Balaban J connectivity index is 1.92. The minimum Gasteiger partial charge on any atom is -0.446 e. The number of rotatable bonds is 4. The largest absolute Gasteiger partial charge is 0.446 e. The molecule has 1 heterocycles. The van der Waals surface area contributed by atoms with E-state index >= 15 is 0 Å². The molecule has 0 unspecified atom stereocenters. The molecule has 0 spiro atoms. The highest BCUT2D eigenvalue weighted by Crippen LogP contribution is 2.51. The maximum absolute atomic E-state index is 13.4. The van der Waals surface area contributed by atoms with E-state index in [2.05, 4.69) is 63.8 Å². The summed E-state index contributed by atoms with van der Waals surface area (Å²) in [6.07, 6.45) is 1.68. The first-order chi connectivity index (χ1) is 13.6. The van der Waals surface area contributed by atoms with Crippen LogP contribution in [0.4, 0.5) is 4.79 Å². The molecule has 1 saturated carbocycles. The molecule has 0 N–H and O–H groups in total. The lowest BCUT2D eigenvalue weighted by molar-refractivity contribution is -0.0618. The van der Waals surface area contributed by atoms with Gasteiger partial charge in [0.1, 0.15) is 11.8 Å². The predicted octanol–water partition coefficient (Wildman–Crippen LogP) is 6.44. The molecule has 3 atom stereocenters. The second kappa shape index (κ2) is 7.66. The quantitative estimate of drug-likeness (QED) is 0.515. The molecular formula is C25H41NO3Si. The van der Waals surface area contributed by atoms with Crippen LogP contribution in [0.15, 0.2) is 30.3 Å². The van der Waals surface area contributed by atoms with Gasteiger partial charge in [-0.15, -0.1) is 0 Å². The third-order valence-electron chi connectivity index (χ3n) is 6.90. The van der Waals surface area contributed by atoms with Gasteiger partial charge in [-0.3, -0.25) is 4.90 Å². The summed E-state index contributed by atoms with van der Waals surface area (Å²) in [6.45, 7) is 20.5. The van der Waals surface area contributed by atoms with Crippen LogP contribution in [-0.4, -0.2) is 43.0 Å². The highest BCUT2D eigenvalue weighted by molar-refractivity contribution is 6.77. The highest BCUT2D eigenvalue weighted by Gasteiger charge is 2.53. The molecule has 2 fully saturated rings. The zero-order valence-electron chi connectivity index (χ0n) is 20.4. The van der Waals surface area contributed by atoms with Crippen molar-refractivity contribution >= 4 is 14.2 Å². The Morgan fingerprint density at radius 3 is 2.17 bits per heavy atom. The van der Waals surface area contributed by atoms with Crippen LogP contribution in [0.25, 0.3) is 0 Å². The molecule has 3 rings (SSSR count). The van der Waals surface area contributed by atoms with E-state index in [1.165, 1.54) is 5.56 Å². The van der Waals surface area contributed by atoms with Gasteiger partial charge < -0.3 is 9.47 Å². The second-order valence-electron chi connectivity index (χ2n) is 12.3. The van der Waals surface area contributed by atoms with Gasteiger partial charge in [-0.1, -0.05) is 63.8 Å². The number of hydrogen-bond acceptors (Lipinski definition) is 3. The minimum atomic E-state index is -1.57. The number of carbonyl (C=O) groups excluding carboxylic acids is 1. The van der Waals surface area contributed by atoms with Crippen LogP contribution < -0.4 is 0 Å². The summed E-state index contributed by atoms with van der Waals surface area (Å²) in [6, 6.07) is 10.9. The number of benzene rings is 1. The molecule has 1 aromatic carbocycles. The second-order valence-corrected chi connectivity index (χ2v) is 17.7. The first kappa shape index (κ1) is 23.3. The molecule has 168 valence electrons. The van der Waals surface area contributed by atoms with E-state index in [0.717, 1.165) is 12.8 Å². The maximum Gasteiger partial charge on any atom is 0.412 e. The van der Waals surface area contributed by atoms with E-state index in [0.29, 0.717) is 18.1 Å².